The van der Waals surface area contributed by atoms with Crippen molar-refractivity contribution in [3.8, 4) is 11.5 Å². The molecule has 3 aliphatic rings. The lowest BCUT2D eigenvalue weighted by atomic mass is 9.98. The number of carbonyl (C=O) groups is 1. The summed E-state index contributed by atoms with van der Waals surface area (Å²) in [6.07, 6.45) is 10.1. The molecule has 0 spiro atoms. The molecule has 2 unspecified atom stereocenters. The van der Waals surface area contributed by atoms with Gasteiger partial charge < -0.3 is 20.5 Å². The Hall–Kier alpha value is -2.53. The monoisotopic (exact) mass is 476 g/mol. The summed E-state index contributed by atoms with van der Waals surface area (Å²) in [6.45, 7) is 2.90. The first-order valence-electron chi connectivity index (χ1n) is 13.6. The van der Waals surface area contributed by atoms with Gasteiger partial charge in [-0.25, -0.2) is 0 Å². The number of nitrogens with one attached hydrogen (secondary N) is 1. The van der Waals surface area contributed by atoms with Crippen LogP contribution in [0.2, 0.25) is 0 Å². The van der Waals surface area contributed by atoms with Crippen LogP contribution in [0.4, 0.5) is 0 Å². The molecule has 5 atom stereocenters. The van der Waals surface area contributed by atoms with Crippen molar-refractivity contribution < 1.29 is 14.3 Å². The van der Waals surface area contributed by atoms with Gasteiger partial charge in [0.15, 0.2) is 0 Å². The molecule has 3 aliphatic carbocycles. The van der Waals surface area contributed by atoms with E-state index < -0.39 is 0 Å². The van der Waals surface area contributed by atoms with E-state index >= 15 is 0 Å². The van der Waals surface area contributed by atoms with E-state index in [0.29, 0.717) is 5.92 Å². The summed E-state index contributed by atoms with van der Waals surface area (Å²) >= 11 is 0. The van der Waals surface area contributed by atoms with Crippen LogP contribution >= 0.6 is 0 Å². The second kappa shape index (κ2) is 11.0. The number of carbonyl (C=O) groups excluding carboxylic acids is 1. The first-order valence-corrected chi connectivity index (χ1v) is 13.6. The maximum Gasteiger partial charge on any atom is 0.223 e. The van der Waals surface area contributed by atoms with Gasteiger partial charge in [0.25, 0.3) is 0 Å². The Balaban J connectivity index is 1.05. The van der Waals surface area contributed by atoms with Crippen LogP contribution in [-0.4, -0.2) is 24.7 Å². The van der Waals surface area contributed by atoms with Gasteiger partial charge in [0.2, 0.25) is 5.91 Å². The van der Waals surface area contributed by atoms with Crippen LogP contribution in [-0.2, 0) is 11.2 Å². The van der Waals surface area contributed by atoms with Crippen LogP contribution in [0.15, 0.2) is 48.5 Å². The van der Waals surface area contributed by atoms with Crippen molar-refractivity contribution in [3.63, 3.8) is 0 Å². The molecule has 0 radical (unpaired) electrons. The normalized spacial score (nSPS) is 26.9. The van der Waals surface area contributed by atoms with E-state index in [4.69, 9.17) is 15.2 Å². The molecule has 2 aromatic rings. The quantitative estimate of drug-likeness (QED) is 0.470. The molecule has 0 saturated heterocycles. The van der Waals surface area contributed by atoms with Gasteiger partial charge in [0, 0.05) is 12.0 Å². The summed E-state index contributed by atoms with van der Waals surface area (Å²) in [5, 5.41) is 3.16. The van der Waals surface area contributed by atoms with Gasteiger partial charge in [-0.3, -0.25) is 4.79 Å². The molecule has 5 heteroatoms. The van der Waals surface area contributed by atoms with Crippen LogP contribution in [0.3, 0.4) is 0 Å². The van der Waals surface area contributed by atoms with Crippen molar-refractivity contribution in [1.82, 2.24) is 5.32 Å². The summed E-state index contributed by atoms with van der Waals surface area (Å²) in [7, 11) is 0. The summed E-state index contributed by atoms with van der Waals surface area (Å²) < 4.78 is 12.2. The van der Waals surface area contributed by atoms with Crippen molar-refractivity contribution in [2.45, 2.75) is 82.9 Å². The number of ether oxygens (including phenoxy) is 2. The highest BCUT2D eigenvalue weighted by Crippen LogP contribution is 2.33. The van der Waals surface area contributed by atoms with Crippen LogP contribution in [0, 0.1) is 17.8 Å². The molecular formula is C30H40N2O3. The molecule has 5 nitrogen and oxygen atoms in total. The second-order valence-corrected chi connectivity index (χ2v) is 11.1. The molecule has 5 rings (SSSR count). The third kappa shape index (κ3) is 6.78. The van der Waals surface area contributed by atoms with Gasteiger partial charge in [-0.1, -0.05) is 24.3 Å². The highest BCUT2D eigenvalue weighted by Gasteiger charge is 2.29. The van der Waals surface area contributed by atoms with E-state index in [0.717, 1.165) is 68.1 Å². The van der Waals surface area contributed by atoms with E-state index in [1.54, 1.807) is 0 Å². The largest absolute Gasteiger partial charge is 0.493 e. The maximum atomic E-state index is 12.5. The zero-order valence-electron chi connectivity index (χ0n) is 21.0. The number of rotatable bonds is 10. The van der Waals surface area contributed by atoms with Gasteiger partial charge in [-0.15, -0.1) is 0 Å². The number of benzene rings is 2. The topological polar surface area (TPSA) is 73.6 Å². The van der Waals surface area contributed by atoms with Crippen LogP contribution in [0.25, 0.3) is 0 Å². The second-order valence-electron chi connectivity index (χ2n) is 11.1. The molecule has 3 saturated carbocycles. The standard InChI is InChI=1S/C30H40N2O3/c1-20(32-30(33)25-7-10-26(31)18-25)24-8-14-28(15-9-24)35-29-13-6-23(17-29)16-21-4-11-27(12-5-21)34-19-22-2-3-22/h4-5,8-9,11-12,14-15,20,22-23,25-26,29H,2-3,6-7,10,13,16-19,31H2,1H3,(H,32,33)/t20-,23?,25?,26+,29+/m0/s1. The molecule has 0 heterocycles. The van der Waals surface area contributed by atoms with Crippen molar-refractivity contribution in [2.24, 2.45) is 23.5 Å². The van der Waals surface area contributed by atoms with Crippen molar-refractivity contribution in [3.05, 3.63) is 59.7 Å². The third-order valence-corrected chi connectivity index (χ3v) is 8.01. The molecule has 3 fully saturated rings. The van der Waals surface area contributed by atoms with Gasteiger partial charge >= 0.3 is 0 Å². The molecule has 1 amide bonds. The first kappa shape index (κ1) is 24.2. The Morgan fingerprint density at radius 3 is 2.31 bits per heavy atom. The SMILES string of the molecule is C[C@H](NC(=O)C1CC[C@@H](N)C1)c1ccc(O[C@@H]2CCC(Cc3ccc(OCC4CC4)cc3)C2)cc1. The molecular weight excluding hydrogens is 436 g/mol. The Bertz CT molecular complexity index is 970. The Kier molecular flexibility index (Phi) is 7.62. The van der Waals surface area contributed by atoms with Gasteiger partial charge in [-0.05, 0) is 112 Å². The fourth-order valence-corrected chi connectivity index (χ4v) is 5.57. The van der Waals surface area contributed by atoms with Crippen LogP contribution in [0.5, 0.6) is 11.5 Å². The van der Waals surface area contributed by atoms with Crippen molar-refractivity contribution in [2.75, 3.05) is 6.61 Å². The van der Waals surface area contributed by atoms with Gasteiger partial charge in [0.1, 0.15) is 11.5 Å². The summed E-state index contributed by atoms with van der Waals surface area (Å²) in [4.78, 5) is 12.5. The highest BCUT2D eigenvalue weighted by atomic mass is 16.5. The maximum absolute atomic E-state index is 12.5. The van der Waals surface area contributed by atoms with Crippen LogP contribution in [0.1, 0.15) is 75.5 Å². The third-order valence-electron chi connectivity index (χ3n) is 8.01. The van der Waals surface area contributed by atoms with Crippen molar-refractivity contribution >= 4 is 5.91 Å². The first-order chi connectivity index (χ1) is 17.0. The zero-order valence-corrected chi connectivity index (χ0v) is 21.0. The minimum atomic E-state index is -0.0188. The number of hydrogen-bond donors (Lipinski definition) is 2. The smallest absolute Gasteiger partial charge is 0.223 e. The minimum Gasteiger partial charge on any atom is -0.493 e. The molecule has 3 N–H and O–H groups in total. The van der Waals surface area contributed by atoms with E-state index in [1.165, 1.54) is 24.8 Å². The fraction of sp³-hybridized carbons (Fsp3) is 0.567. The summed E-state index contributed by atoms with van der Waals surface area (Å²) in [6, 6.07) is 17.0. The van der Waals surface area contributed by atoms with Crippen LogP contribution < -0.4 is 20.5 Å². The Labute approximate surface area is 209 Å². The molecule has 0 aliphatic heterocycles. The fourth-order valence-electron chi connectivity index (χ4n) is 5.57. The van der Waals surface area contributed by atoms with E-state index in [1.807, 2.05) is 19.1 Å². The van der Waals surface area contributed by atoms with Gasteiger partial charge in [-0.2, -0.15) is 0 Å². The predicted molar refractivity (Wildman–Crippen MR) is 138 cm³/mol. The van der Waals surface area contributed by atoms with E-state index in [9.17, 15) is 4.79 Å². The average Bonchev–Trinajstić information content (AvgIpc) is 3.43. The van der Waals surface area contributed by atoms with E-state index in [2.05, 4.69) is 41.7 Å². The summed E-state index contributed by atoms with van der Waals surface area (Å²) in [5.74, 6) is 3.54. The average molecular weight is 477 g/mol. The molecule has 188 valence electrons. The highest BCUT2D eigenvalue weighted by molar-refractivity contribution is 5.79. The lowest BCUT2D eigenvalue weighted by molar-refractivity contribution is -0.125. The minimum absolute atomic E-state index is 0.0188. The molecule has 2 aromatic carbocycles. The summed E-state index contributed by atoms with van der Waals surface area (Å²) in [5.41, 5.74) is 8.45. The predicted octanol–water partition coefficient (Wildman–Crippen LogP) is 5.57. The molecule has 0 bridgehead atoms. The van der Waals surface area contributed by atoms with Crippen molar-refractivity contribution in [1.29, 1.82) is 0 Å². The van der Waals surface area contributed by atoms with E-state index in [-0.39, 0.29) is 30.0 Å². The van der Waals surface area contributed by atoms with Gasteiger partial charge in [0.05, 0.1) is 18.8 Å². The lowest BCUT2D eigenvalue weighted by Crippen LogP contribution is -2.32. The Morgan fingerprint density at radius 1 is 0.914 bits per heavy atom. The number of amides is 1. The zero-order chi connectivity index (χ0) is 24.2. The Morgan fingerprint density at radius 2 is 1.63 bits per heavy atom. The number of hydrogen-bond acceptors (Lipinski definition) is 4. The molecule has 35 heavy (non-hydrogen) atoms. The number of nitrogens with two attached hydrogens (primary N) is 1. The molecule has 0 aromatic heterocycles. The lowest BCUT2D eigenvalue weighted by Gasteiger charge is -2.19.